The predicted octanol–water partition coefficient (Wildman–Crippen LogP) is -0.193. The second kappa shape index (κ2) is 25.6. The van der Waals surface area contributed by atoms with Gasteiger partial charge in [0.1, 0.15) is 12.7 Å². The molecular formula is C31H51N3O14S. The van der Waals surface area contributed by atoms with Gasteiger partial charge in [0.25, 0.3) is 0 Å². The minimum Gasteiger partial charge on any atom is -0.463 e. The van der Waals surface area contributed by atoms with E-state index in [1.807, 2.05) is 0 Å². The molecule has 0 aromatic rings. The third kappa shape index (κ3) is 21.4. The highest BCUT2D eigenvalue weighted by atomic mass is 32.2. The molecule has 0 unspecified atom stereocenters. The van der Waals surface area contributed by atoms with E-state index in [1.165, 1.54) is 39.5 Å². The van der Waals surface area contributed by atoms with E-state index in [0.29, 0.717) is 33.0 Å². The molecule has 0 radical (unpaired) electrons. The van der Waals surface area contributed by atoms with Crippen molar-refractivity contribution < 1.29 is 66.7 Å². The number of thioether (sulfide) groups is 1. The maximum atomic E-state index is 12.1. The fraction of sp³-hybridized carbons (Fsp3) is 0.774. The molecule has 5 atom stereocenters. The molecule has 0 aromatic heterocycles. The molecule has 17 nitrogen and oxygen atoms in total. The van der Waals surface area contributed by atoms with Gasteiger partial charge in [-0.25, -0.2) is 0 Å². The smallest absolute Gasteiger partial charge is 0.303 e. The molecule has 0 saturated carbocycles. The summed E-state index contributed by atoms with van der Waals surface area (Å²) in [4.78, 5) is 82.3. The minimum atomic E-state index is -1.18. The standard InChI is InChI=1S/C31H51N3O14S/c1-20(35)34-29-25(48-26(19-45-21(2)36)30(46-22(3)37)31(29)47-23(4)38)9-13-43-14-10-32-27(40)7-8-28(41)33-11-15-44-17-16-42-12-6-18-49-24(5)39/h25-26,29-31H,6-19H2,1-5H3,(H,32,40)(H,33,41)(H,34,35)/t25-,26-,29+,30+,31-/m1/s1. The first-order chi connectivity index (χ1) is 23.3. The summed E-state index contributed by atoms with van der Waals surface area (Å²) in [6.07, 6.45) is -3.15. The lowest BCUT2D eigenvalue weighted by Crippen LogP contribution is -2.66. The highest BCUT2D eigenvalue weighted by Gasteiger charge is 2.50. The predicted molar refractivity (Wildman–Crippen MR) is 174 cm³/mol. The zero-order chi connectivity index (χ0) is 36.6. The molecule has 0 aromatic carbocycles. The van der Waals surface area contributed by atoms with E-state index in [4.69, 9.17) is 33.2 Å². The highest BCUT2D eigenvalue weighted by molar-refractivity contribution is 8.13. The Balaban J connectivity index is 2.40. The molecule has 1 rings (SSSR count). The molecule has 280 valence electrons. The normalized spacial score (nSPS) is 20.1. The number of hydrogen-bond acceptors (Lipinski definition) is 15. The first kappa shape index (κ1) is 43.7. The van der Waals surface area contributed by atoms with Crippen LogP contribution in [-0.2, 0) is 66.7 Å². The van der Waals surface area contributed by atoms with Crippen LogP contribution in [0.3, 0.4) is 0 Å². The molecule has 1 saturated heterocycles. The Bertz CT molecular complexity index is 1080. The zero-order valence-corrected chi connectivity index (χ0v) is 29.7. The molecule has 3 amide bonds. The first-order valence-corrected chi connectivity index (χ1v) is 17.1. The lowest BCUT2D eigenvalue weighted by Gasteiger charge is -2.45. The number of esters is 3. The lowest BCUT2D eigenvalue weighted by molar-refractivity contribution is -0.225. The summed E-state index contributed by atoms with van der Waals surface area (Å²) in [6, 6.07) is -0.923. The fourth-order valence-electron chi connectivity index (χ4n) is 4.60. The third-order valence-electron chi connectivity index (χ3n) is 6.59. The molecule has 1 aliphatic rings. The molecule has 0 spiro atoms. The Morgan fingerprint density at radius 1 is 0.653 bits per heavy atom. The van der Waals surface area contributed by atoms with Crippen molar-refractivity contribution in [3.05, 3.63) is 0 Å². The molecule has 1 heterocycles. The van der Waals surface area contributed by atoms with Gasteiger partial charge in [0.15, 0.2) is 17.3 Å². The van der Waals surface area contributed by atoms with Gasteiger partial charge in [-0.2, -0.15) is 0 Å². The van der Waals surface area contributed by atoms with Crippen molar-refractivity contribution in [2.24, 2.45) is 0 Å². The van der Waals surface area contributed by atoms with E-state index >= 15 is 0 Å². The van der Waals surface area contributed by atoms with E-state index in [1.54, 1.807) is 0 Å². The Kier molecular flexibility index (Phi) is 22.9. The van der Waals surface area contributed by atoms with Crippen LogP contribution in [0.25, 0.3) is 0 Å². The summed E-state index contributed by atoms with van der Waals surface area (Å²) in [5.41, 5.74) is 0. The number of carbonyl (C=O) groups excluding carboxylic acids is 7. The monoisotopic (exact) mass is 721 g/mol. The third-order valence-corrected chi connectivity index (χ3v) is 7.49. The van der Waals surface area contributed by atoms with Crippen LogP contribution < -0.4 is 16.0 Å². The number of carbonyl (C=O) groups is 7. The fourth-order valence-corrected chi connectivity index (χ4v) is 5.15. The molecule has 0 bridgehead atoms. The van der Waals surface area contributed by atoms with Crippen molar-refractivity contribution in [2.75, 3.05) is 65.1 Å². The van der Waals surface area contributed by atoms with Crippen LogP contribution in [0.4, 0.5) is 0 Å². The average Bonchev–Trinajstić information content (AvgIpc) is 3.01. The van der Waals surface area contributed by atoms with E-state index in [0.717, 1.165) is 19.1 Å². The van der Waals surface area contributed by atoms with Crippen LogP contribution in [0.5, 0.6) is 0 Å². The average molecular weight is 722 g/mol. The molecule has 0 aliphatic carbocycles. The Morgan fingerprint density at radius 3 is 1.73 bits per heavy atom. The first-order valence-electron chi connectivity index (χ1n) is 16.1. The second-order valence-electron chi connectivity index (χ2n) is 10.9. The van der Waals surface area contributed by atoms with Gasteiger partial charge in [-0.3, -0.25) is 33.6 Å². The Labute approximate surface area is 290 Å². The van der Waals surface area contributed by atoms with Crippen molar-refractivity contribution in [3.8, 4) is 0 Å². The number of amides is 3. The number of ether oxygens (including phenoxy) is 7. The summed E-state index contributed by atoms with van der Waals surface area (Å²) in [5.74, 6) is -2.32. The van der Waals surface area contributed by atoms with Gasteiger partial charge in [0, 0.05) is 79.5 Å². The van der Waals surface area contributed by atoms with Gasteiger partial charge in [0.2, 0.25) is 17.7 Å². The molecular weight excluding hydrogens is 670 g/mol. The highest BCUT2D eigenvalue weighted by Crippen LogP contribution is 2.29. The second-order valence-corrected chi connectivity index (χ2v) is 12.2. The van der Waals surface area contributed by atoms with Crippen molar-refractivity contribution >= 4 is 52.5 Å². The van der Waals surface area contributed by atoms with Crippen molar-refractivity contribution in [2.45, 2.75) is 90.8 Å². The molecule has 1 fully saturated rings. The largest absolute Gasteiger partial charge is 0.463 e. The number of hydrogen-bond donors (Lipinski definition) is 3. The van der Waals surface area contributed by atoms with Gasteiger partial charge >= 0.3 is 17.9 Å². The van der Waals surface area contributed by atoms with E-state index < -0.39 is 54.3 Å². The van der Waals surface area contributed by atoms with Crippen LogP contribution >= 0.6 is 11.8 Å². The van der Waals surface area contributed by atoms with Crippen LogP contribution in [-0.4, -0.2) is 136 Å². The maximum Gasteiger partial charge on any atom is 0.303 e. The summed E-state index contributed by atoms with van der Waals surface area (Å²) < 4.78 is 38.4. The summed E-state index contributed by atoms with van der Waals surface area (Å²) in [7, 11) is 0. The lowest BCUT2D eigenvalue weighted by atomic mass is 9.90. The summed E-state index contributed by atoms with van der Waals surface area (Å²) in [5, 5.41) is 8.13. The quantitative estimate of drug-likeness (QED) is 0.0668. The van der Waals surface area contributed by atoms with Gasteiger partial charge in [-0.05, 0) is 12.8 Å². The van der Waals surface area contributed by atoms with Gasteiger partial charge in [-0.15, -0.1) is 0 Å². The molecule has 3 N–H and O–H groups in total. The summed E-state index contributed by atoms with van der Waals surface area (Å²) >= 11 is 1.27. The SMILES string of the molecule is CC(=O)N[C@@H]1[C@@H](OC(C)=O)[C@@H](OC(C)=O)[C@@H](COC(C)=O)O[C@@H]1CCOCCNC(=O)CCC(=O)NCCOCCOCCCSC(C)=O. The molecule has 1 aliphatic heterocycles. The van der Waals surface area contributed by atoms with Gasteiger partial charge in [-0.1, -0.05) is 11.8 Å². The number of rotatable bonds is 24. The Morgan fingerprint density at radius 2 is 1.20 bits per heavy atom. The van der Waals surface area contributed by atoms with Gasteiger partial charge in [0.05, 0.1) is 38.6 Å². The summed E-state index contributed by atoms with van der Waals surface area (Å²) in [6.45, 7) is 8.40. The van der Waals surface area contributed by atoms with Crippen molar-refractivity contribution in [3.63, 3.8) is 0 Å². The van der Waals surface area contributed by atoms with Crippen LogP contribution in [0.2, 0.25) is 0 Å². The van der Waals surface area contributed by atoms with Crippen molar-refractivity contribution in [1.29, 1.82) is 0 Å². The molecule has 18 heteroatoms. The van der Waals surface area contributed by atoms with E-state index in [9.17, 15) is 33.6 Å². The maximum absolute atomic E-state index is 12.1. The Hall–Kier alpha value is -3.32. The van der Waals surface area contributed by atoms with E-state index in [2.05, 4.69) is 16.0 Å². The van der Waals surface area contributed by atoms with Crippen LogP contribution in [0.15, 0.2) is 0 Å². The van der Waals surface area contributed by atoms with E-state index in [-0.39, 0.29) is 62.6 Å². The minimum absolute atomic E-state index is 0.00395. The number of nitrogens with one attached hydrogen (secondary N) is 3. The van der Waals surface area contributed by atoms with Gasteiger partial charge < -0.3 is 49.1 Å². The van der Waals surface area contributed by atoms with Crippen LogP contribution in [0, 0.1) is 0 Å². The zero-order valence-electron chi connectivity index (χ0n) is 28.9. The van der Waals surface area contributed by atoms with Crippen LogP contribution in [0.1, 0.15) is 60.3 Å². The topological polar surface area (TPSA) is 220 Å². The van der Waals surface area contributed by atoms with Crippen molar-refractivity contribution in [1.82, 2.24) is 16.0 Å². The molecule has 49 heavy (non-hydrogen) atoms.